The second-order valence-electron chi connectivity index (χ2n) is 6.56. The number of halogens is 1. The molecule has 128 valence electrons. The van der Waals surface area contributed by atoms with E-state index in [0.29, 0.717) is 18.5 Å². The molecule has 0 unspecified atom stereocenters. The molecule has 0 saturated carbocycles. The number of benzene rings is 1. The first-order valence-electron chi connectivity index (χ1n) is 8.51. The van der Waals surface area contributed by atoms with Gasteiger partial charge in [-0.15, -0.1) is 0 Å². The summed E-state index contributed by atoms with van der Waals surface area (Å²) in [6.07, 6.45) is 2.28. The van der Waals surface area contributed by atoms with Gasteiger partial charge < -0.3 is 10.6 Å². The summed E-state index contributed by atoms with van der Waals surface area (Å²) >= 11 is 0. The van der Waals surface area contributed by atoms with Gasteiger partial charge in [-0.1, -0.05) is 18.2 Å². The minimum atomic E-state index is -0.0974. The standard InChI is InChI=1S/C18H29FN4/c1-14(2)22-18(20-3)21-12-15-8-10-23(11-9-15)13-16-6-4-5-7-17(16)19/h4-7,14-15H,8-13H2,1-3H3,(H2,20,21,22). The van der Waals surface area contributed by atoms with Crippen LogP contribution in [0.15, 0.2) is 29.3 Å². The van der Waals surface area contributed by atoms with E-state index in [1.165, 1.54) is 0 Å². The molecule has 0 aliphatic carbocycles. The Morgan fingerprint density at radius 1 is 1.30 bits per heavy atom. The van der Waals surface area contributed by atoms with Gasteiger partial charge in [-0.25, -0.2) is 4.39 Å². The SMILES string of the molecule is CN=C(NCC1CCN(Cc2ccccc2F)CC1)NC(C)C. The summed E-state index contributed by atoms with van der Waals surface area (Å²) in [6, 6.07) is 7.45. The lowest BCUT2D eigenvalue weighted by Crippen LogP contribution is -2.44. The van der Waals surface area contributed by atoms with Crippen LogP contribution in [0.4, 0.5) is 4.39 Å². The van der Waals surface area contributed by atoms with Crippen LogP contribution in [0, 0.1) is 11.7 Å². The van der Waals surface area contributed by atoms with E-state index in [2.05, 4.69) is 34.4 Å². The highest BCUT2D eigenvalue weighted by Gasteiger charge is 2.20. The van der Waals surface area contributed by atoms with Crippen LogP contribution in [0.3, 0.4) is 0 Å². The van der Waals surface area contributed by atoms with Gasteiger partial charge in [-0.2, -0.15) is 0 Å². The molecule has 0 bridgehead atoms. The van der Waals surface area contributed by atoms with Crippen LogP contribution < -0.4 is 10.6 Å². The highest BCUT2D eigenvalue weighted by atomic mass is 19.1. The van der Waals surface area contributed by atoms with Gasteiger partial charge in [0, 0.05) is 31.7 Å². The molecule has 0 radical (unpaired) electrons. The molecule has 0 atom stereocenters. The summed E-state index contributed by atoms with van der Waals surface area (Å²) in [7, 11) is 1.80. The first-order valence-corrected chi connectivity index (χ1v) is 8.51. The lowest BCUT2D eigenvalue weighted by Gasteiger charge is -2.32. The molecule has 0 spiro atoms. The van der Waals surface area contributed by atoms with Crippen LogP contribution in [0.25, 0.3) is 0 Å². The van der Waals surface area contributed by atoms with Crippen molar-refractivity contribution in [2.45, 2.75) is 39.3 Å². The fourth-order valence-corrected chi connectivity index (χ4v) is 2.93. The topological polar surface area (TPSA) is 39.7 Å². The second kappa shape index (κ2) is 8.87. The predicted molar refractivity (Wildman–Crippen MR) is 94.0 cm³/mol. The zero-order valence-electron chi connectivity index (χ0n) is 14.5. The molecule has 1 heterocycles. The highest BCUT2D eigenvalue weighted by molar-refractivity contribution is 5.79. The fraction of sp³-hybridized carbons (Fsp3) is 0.611. The molecule has 1 aliphatic rings. The Morgan fingerprint density at radius 2 is 2.00 bits per heavy atom. The molecule has 2 rings (SSSR count). The molecule has 0 aromatic heterocycles. The second-order valence-corrected chi connectivity index (χ2v) is 6.56. The van der Waals surface area contributed by atoms with Crippen molar-refractivity contribution in [2.75, 3.05) is 26.7 Å². The molecule has 1 aliphatic heterocycles. The van der Waals surface area contributed by atoms with Crippen molar-refractivity contribution < 1.29 is 4.39 Å². The van der Waals surface area contributed by atoms with E-state index in [-0.39, 0.29) is 5.82 Å². The Bertz CT molecular complexity index is 507. The number of aliphatic imine (C=N–C) groups is 1. The maximum absolute atomic E-state index is 13.7. The van der Waals surface area contributed by atoms with Crippen LogP contribution in [0.2, 0.25) is 0 Å². The van der Waals surface area contributed by atoms with Gasteiger partial charge in [0.25, 0.3) is 0 Å². The van der Waals surface area contributed by atoms with Crippen LogP contribution in [-0.4, -0.2) is 43.6 Å². The number of guanidine groups is 1. The van der Waals surface area contributed by atoms with E-state index >= 15 is 0 Å². The molecule has 1 aromatic carbocycles. The number of nitrogens with zero attached hydrogens (tertiary/aromatic N) is 2. The normalized spacial score (nSPS) is 17.5. The molecule has 1 fully saturated rings. The van der Waals surface area contributed by atoms with Crippen molar-refractivity contribution in [3.05, 3.63) is 35.6 Å². The Morgan fingerprint density at radius 3 is 2.61 bits per heavy atom. The number of rotatable bonds is 5. The molecule has 0 amide bonds. The van der Waals surface area contributed by atoms with E-state index in [1.807, 2.05) is 12.1 Å². The first kappa shape index (κ1) is 17.7. The average Bonchev–Trinajstić information content (AvgIpc) is 2.54. The zero-order chi connectivity index (χ0) is 16.7. The lowest BCUT2D eigenvalue weighted by atomic mass is 9.96. The molecule has 5 heteroatoms. The van der Waals surface area contributed by atoms with Crippen LogP contribution in [-0.2, 0) is 6.54 Å². The maximum atomic E-state index is 13.7. The molecule has 2 N–H and O–H groups in total. The molecule has 4 nitrogen and oxygen atoms in total. The van der Waals surface area contributed by atoms with Crippen molar-refractivity contribution in [3.63, 3.8) is 0 Å². The van der Waals surface area contributed by atoms with Gasteiger partial charge >= 0.3 is 0 Å². The van der Waals surface area contributed by atoms with Crippen molar-refractivity contribution in [1.82, 2.24) is 15.5 Å². The molecule has 1 saturated heterocycles. The van der Waals surface area contributed by atoms with Gasteiger partial charge in [-0.3, -0.25) is 9.89 Å². The highest BCUT2D eigenvalue weighted by Crippen LogP contribution is 2.19. The van der Waals surface area contributed by atoms with E-state index in [1.54, 1.807) is 19.2 Å². The summed E-state index contributed by atoms with van der Waals surface area (Å²) in [5, 5.41) is 6.71. The molecular formula is C18H29FN4. The van der Waals surface area contributed by atoms with E-state index in [9.17, 15) is 4.39 Å². The molecule has 1 aromatic rings. The van der Waals surface area contributed by atoms with Gasteiger partial charge in [0.2, 0.25) is 0 Å². The van der Waals surface area contributed by atoms with Crippen LogP contribution >= 0.6 is 0 Å². The third kappa shape index (κ3) is 5.82. The summed E-state index contributed by atoms with van der Waals surface area (Å²) in [5.41, 5.74) is 0.797. The summed E-state index contributed by atoms with van der Waals surface area (Å²) in [4.78, 5) is 6.58. The fourth-order valence-electron chi connectivity index (χ4n) is 2.93. The quantitative estimate of drug-likeness (QED) is 0.647. The van der Waals surface area contributed by atoms with Gasteiger partial charge in [-0.05, 0) is 51.8 Å². The Balaban J connectivity index is 1.73. The minimum Gasteiger partial charge on any atom is -0.356 e. The van der Waals surface area contributed by atoms with Gasteiger partial charge in [0.05, 0.1) is 0 Å². The third-order valence-electron chi connectivity index (χ3n) is 4.27. The monoisotopic (exact) mass is 320 g/mol. The van der Waals surface area contributed by atoms with Gasteiger partial charge in [0.15, 0.2) is 5.96 Å². The van der Waals surface area contributed by atoms with Crippen LogP contribution in [0.1, 0.15) is 32.3 Å². The Labute approximate surface area is 139 Å². The van der Waals surface area contributed by atoms with Gasteiger partial charge in [0.1, 0.15) is 5.82 Å². The van der Waals surface area contributed by atoms with Crippen molar-refractivity contribution in [3.8, 4) is 0 Å². The summed E-state index contributed by atoms with van der Waals surface area (Å²) in [6.45, 7) is 7.92. The van der Waals surface area contributed by atoms with E-state index in [0.717, 1.165) is 44.0 Å². The zero-order valence-corrected chi connectivity index (χ0v) is 14.5. The number of hydrogen-bond donors (Lipinski definition) is 2. The third-order valence-corrected chi connectivity index (χ3v) is 4.27. The average molecular weight is 320 g/mol. The first-order chi connectivity index (χ1) is 11.1. The van der Waals surface area contributed by atoms with Crippen LogP contribution in [0.5, 0.6) is 0 Å². The Kier molecular flexibility index (Phi) is 6.84. The minimum absolute atomic E-state index is 0.0974. The molecule has 23 heavy (non-hydrogen) atoms. The largest absolute Gasteiger partial charge is 0.356 e. The smallest absolute Gasteiger partial charge is 0.191 e. The summed E-state index contributed by atoms with van der Waals surface area (Å²) in [5.74, 6) is 1.42. The number of hydrogen-bond acceptors (Lipinski definition) is 2. The number of nitrogens with one attached hydrogen (secondary N) is 2. The van der Waals surface area contributed by atoms with E-state index < -0.39 is 0 Å². The predicted octanol–water partition coefficient (Wildman–Crippen LogP) is 2.61. The van der Waals surface area contributed by atoms with Crippen molar-refractivity contribution in [2.24, 2.45) is 10.9 Å². The number of likely N-dealkylation sites (tertiary alicyclic amines) is 1. The van der Waals surface area contributed by atoms with Crippen molar-refractivity contribution >= 4 is 5.96 Å². The lowest BCUT2D eigenvalue weighted by molar-refractivity contribution is 0.176. The summed E-state index contributed by atoms with van der Waals surface area (Å²) < 4.78 is 13.7. The van der Waals surface area contributed by atoms with E-state index in [4.69, 9.17) is 0 Å². The Hall–Kier alpha value is -1.62. The number of piperidine rings is 1. The maximum Gasteiger partial charge on any atom is 0.191 e. The molecular weight excluding hydrogens is 291 g/mol. The van der Waals surface area contributed by atoms with Crippen molar-refractivity contribution in [1.29, 1.82) is 0 Å².